The molecule has 0 spiro atoms. The van der Waals surface area contributed by atoms with Crippen molar-refractivity contribution in [3.8, 4) is 0 Å². The molecule has 2 aromatic rings. The van der Waals surface area contributed by atoms with Crippen molar-refractivity contribution in [3.63, 3.8) is 0 Å². The van der Waals surface area contributed by atoms with E-state index in [0.717, 1.165) is 22.3 Å². The van der Waals surface area contributed by atoms with Crippen LogP contribution in [0.25, 0.3) is 17.0 Å². The van der Waals surface area contributed by atoms with Crippen molar-refractivity contribution >= 4 is 28.6 Å². The number of benzene rings is 1. The summed E-state index contributed by atoms with van der Waals surface area (Å²) in [5.41, 5.74) is 2.11. The van der Waals surface area contributed by atoms with Crippen molar-refractivity contribution < 1.29 is 0 Å². The van der Waals surface area contributed by atoms with Gasteiger partial charge in [0.15, 0.2) is 0 Å². The molecule has 1 nitrogen and oxygen atoms in total. The second-order valence-electron chi connectivity index (χ2n) is 3.38. The average molecular weight is 218 g/mol. The minimum atomic E-state index is 0.756. The third kappa shape index (κ3) is 2.18. The average Bonchev–Trinajstić information content (AvgIpc) is 2.26. The zero-order chi connectivity index (χ0) is 10.7. The molecule has 0 fully saturated rings. The van der Waals surface area contributed by atoms with E-state index in [-0.39, 0.29) is 0 Å². The third-order valence-corrected chi connectivity index (χ3v) is 2.59. The molecule has 0 amide bonds. The van der Waals surface area contributed by atoms with Gasteiger partial charge >= 0.3 is 0 Å². The van der Waals surface area contributed by atoms with Crippen LogP contribution in [0, 0.1) is 0 Å². The van der Waals surface area contributed by atoms with Crippen molar-refractivity contribution in [2.75, 3.05) is 0 Å². The summed E-state index contributed by atoms with van der Waals surface area (Å²) in [6.07, 6.45) is 7.01. The van der Waals surface area contributed by atoms with Gasteiger partial charge in [-0.15, -0.1) is 0 Å². The maximum atomic E-state index is 6.06. The molecule has 0 radical (unpaired) electrons. The van der Waals surface area contributed by atoms with Gasteiger partial charge in [0.1, 0.15) is 0 Å². The first kappa shape index (κ1) is 10.2. The number of allylic oxidation sites excluding steroid dienone is 1. The zero-order valence-corrected chi connectivity index (χ0v) is 9.33. The summed E-state index contributed by atoms with van der Waals surface area (Å²) < 4.78 is 0. The fourth-order valence-corrected chi connectivity index (χ4v) is 1.70. The van der Waals surface area contributed by atoms with Crippen LogP contribution in [0.5, 0.6) is 0 Å². The van der Waals surface area contributed by atoms with E-state index in [4.69, 9.17) is 11.6 Å². The van der Waals surface area contributed by atoms with Gasteiger partial charge in [-0.3, -0.25) is 4.98 Å². The predicted molar refractivity (Wildman–Crippen MR) is 66.1 cm³/mol. The Morgan fingerprint density at radius 3 is 3.00 bits per heavy atom. The van der Waals surface area contributed by atoms with Crippen molar-refractivity contribution in [2.45, 2.75) is 13.3 Å². The van der Waals surface area contributed by atoms with Crippen LogP contribution in [-0.2, 0) is 0 Å². The van der Waals surface area contributed by atoms with Crippen LogP contribution < -0.4 is 0 Å². The second kappa shape index (κ2) is 4.45. The highest BCUT2D eigenvalue weighted by Gasteiger charge is 1.99. The molecule has 2 rings (SSSR count). The Morgan fingerprint density at radius 1 is 1.33 bits per heavy atom. The van der Waals surface area contributed by atoms with Gasteiger partial charge in [-0.05, 0) is 24.1 Å². The van der Waals surface area contributed by atoms with Gasteiger partial charge in [-0.1, -0.05) is 42.8 Å². The number of aromatic nitrogens is 1. The molecular weight excluding hydrogens is 206 g/mol. The SMILES string of the molecule is CC/C=C/c1ccc2c(Cl)ccnc2c1. The molecule has 0 saturated heterocycles. The van der Waals surface area contributed by atoms with Crippen LogP contribution >= 0.6 is 11.6 Å². The van der Waals surface area contributed by atoms with Crippen LogP contribution in [0.4, 0.5) is 0 Å². The molecule has 1 heterocycles. The maximum absolute atomic E-state index is 6.06. The lowest BCUT2D eigenvalue weighted by molar-refractivity contribution is 1.23. The fraction of sp³-hybridized carbons (Fsp3) is 0.154. The van der Waals surface area contributed by atoms with Crippen molar-refractivity contribution in [2.24, 2.45) is 0 Å². The van der Waals surface area contributed by atoms with Crippen LogP contribution in [0.3, 0.4) is 0 Å². The van der Waals surface area contributed by atoms with Gasteiger partial charge in [-0.25, -0.2) is 0 Å². The van der Waals surface area contributed by atoms with Crippen molar-refractivity contribution in [1.82, 2.24) is 4.98 Å². The molecule has 0 saturated carbocycles. The highest BCUT2D eigenvalue weighted by Crippen LogP contribution is 2.22. The molecule has 0 aliphatic carbocycles. The van der Waals surface area contributed by atoms with Crippen molar-refractivity contribution in [1.29, 1.82) is 0 Å². The summed E-state index contributed by atoms with van der Waals surface area (Å²) in [5, 5.41) is 1.76. The van der Waals surface area contributed by atoms with Crippen LogP contribution in [0.1, 0.15) is 18.9 Å². The number of nitrogens with zero attached hydrogens (tertiary/aromatic N) is 1. The number of halogens is 1. The first-order valence-electron chi connectivity index (χ1n) is 5.02. The fourth-order valence-electron chi connectivity index (χ4n) is 1.49. The molecule has 2 heteroatoms. The topological polar surface area (TPSA) is 12.9 Å². The predicted octanol–water partition coefficient (Wildman–Crippen LogP) is 4.31. The number of hydrogen-bond acceptors (Lipinski definition) is 1. The maximum Gasteiger partial charge on any atom is 0.0722 e. The van der Waals surface area contributed by atoms with Crippen molar-refractivity contribution in [3.05, 3.63) is 47.1 Å². The van der Waals surface area contributed by atoms with E-state index >= 15 is 0 Å². The Morgan fingerprint density at radius 2 is 2.20 bits per heavy atom. The molecule has 0 atom stereocenters. The first-order valence-corrected chi connectivity index (χ1v) is 5.40. The smallest absolute Gasteiger partial charge is 0.0722 e. The quantitative estimate of drug-likeness (QED) is 0.731. The lowest BCUT2D eigenvalue weighted by Gasteiger charge is -2.00. The second-order valence-corrected chi connectivity index (χ2v) is 3.79. The highest BCUT2D eigenvalue weighted by atomic mass is 35.5. The van der Waals surface area contributed by atoms with Gasteiger partial charge in [0, 0.05) is 11.6 Å². The normalized spacial score (nSPS) is 11.3. The molecule has 0 aliphatic rings. The Balaban J connectivity index is 2.52. The van der Waals surface area contributed by atoms with E-state index < -0.39 is 0 Å². The van der Waals surface area contributed by atoms with Crippen LogP contribution in [0.15, 0.2) is 36.5 Å². The summed E-state index contributed by atoms with van der Waals surface area (Å²) in [4.78, 5) is 4.29. The third-order valence-electron chi connectivity index (χ3n) is 2.26. The highest BCUT2D eigenvalue weighted by molar-refractivity contribution is 6.35. The van der Waals surface area contributed by atoms with E-state index in [1.54, 1.807) is 6.20 Å². The monoisotopic (exact) mass is 217 g/mol. The molecular formula is C13H12ClN. The molecule has 15 heavy (non-hydrogen) atoms. The Hall–Kier alpha value is -1.34. The van der Waals surface area contributed by atoms with Crippen LogP contribution in [-0.4, -0.2) is 4.98 Å². The van der Waals surface area contributed by atoms with Gasteiger partial charge in [0.05, 0.1) is 10.5 Å². The Labute approximate surface area is 94.4 Å². The van der Waals surface area contributed by atoms with Gasteiger partial charge in [-0.2, -0.15) is 0 Å². The Kier molecular flexibility index (Phi) is 3.02. The molecule has 76 valence electrons. The number of pyridine rings is 1. The lowest BCUT2D eigenvalue weighted by Crippen LogP contribution is -1.80. The Bertz CT molecular complexity index is 503. The van der Waals surface area contributed by atoms with E-state index in [1.165, 1.54) is 5.56 Å². The minimum Gasteiger partial charge on any atom is -0.256 e. The molecule has 0 N–H and O–H groups in total. The number of hydrogen-bond donors (Lipinski definition) is 0. The van der Waals surface area contributed by atoms with E-state index in [0.29, 0.717) is 0 Å². The van der Waals surface area contributed by atoms with Gasteiger partial charge in [0.25, 0.3) is 0 Å². The largest absolute Gasteiger partial charge is 0.256 e. The van der Waals surface area contributed by atoms with Crippen LogP contribution in [0.2, 0.25) is 5.02 Å². The summed E-state index contributed by atoms with van der Waals surface area (Å²) in [6, 6.07) is 7.93. The van der Waals surface area contributed by atoms with E-state index in [1.807, 2.05) is 18.2 Å². The lowest BCUT2D eigenvalue weighted by atomic mass is 10.1. The van der Waals surface area contributed by atoms with Gasteiger partial charge < -0.3 is 0 Å². The van der Waals surface area contributed by atoms with Gasteiger partial charge in [0.2, 0.25) is 0 Å². The van der Waals surface area contributed by atoms with E-state index in [9.17, 15) is 0 Å². The molecule has 1 aromatic carbocycles. The molecule has 0 bridgehead atoms. The molecule has 1 aromatic heterocycles. The minimum absolute atomic E-state index is 0.756. The number of rotatable bonds is 2. The molecule has 0 aliphatic heterocycles. The summed E-state index contributed by atoms with van der Waals surface area (Å²) in [6.45, 7) is 2.12. The standard InChI is InChI=1S/C13H12ClN/c1-2-3-4-10-5-6-11-12(14)7-8-15-13(11)9-10/h3-9H,2H2,1H3/b4-3+. The summed E-state index contributed by atoms with van der Waals surface area (Å²) in [5.74, 6) is 0. The summed E-state index contributed by atoms with van der Waals surface area (Å²) >= 11 is 6.06. The number of fused-ring (bicyclic) bond motifs is 1. The van der Waals surface area contributed by atoms with E-state index in [2.05, 4.69) is 30.1 Å². The summed E-state index contributed by atoms with van der Waals surface area (Å²) in [7, 11) is 0. The first-order chi connectivity index (χ1) is 7.31. The zero-order valence-electron chi connectivity index (χ0n) is 8.57. The molecule has 0 unspecified atom stereocenters.